The Kier molecular flexibility index (Phi) is 5.82. The minimum Gasteiger partial charge on any atom is -0.299 e. The number of amides is 1. The molecule has 0 radical (unpaired) electrons. The second kappa shape index (κ2) is 8.46. The van der Waals surface area contributed by atoms with Crippen LogP contribution in [0.3, 0.4) is 0 Å². The summed E-state index contributed by atoms with van der Waals surface area (Å²) in [7, 11) is 0. The van der Waals surface area contributed by atoms with E-state index in [0.717, 1.165) is 11.1 Å². The summed E-state index contributed by atoms with van der Waals surface area (Å²) in [5, 5.41) is 11.8. The van der Waals surface area contributed by atoms with E-state index >= 15 is 0 Å². The second-order valence-corrected chi connectivity index (χ2v) is 6.53. The van der Waals surface area contributed by atoms with Gasteiger partial charge in [-0.05, 0) is 41.1 Å². The number of hydrogen-bond acceptors (Lipinski definition) is 4. The number of carbonyl (C=O) groups is 1. The van der Waals surface area contributed by atoms with Gasteiger partial charge in [-0.15, -0.1) is 5.10 Å². The van der Waals surface area contributed by atoms with Crippen LogP contribution < -0.4 is 5.32 Å². The summed E-state index contributed by atoms with van der Waals surface area (Å²) in [6.07, 6.45) is 7.15. The first kappa shape index (κ1) is 17.2. The van der Waals surface area contributed by atoms with Gasteiger partial charge >= 0.3 is 0 Å². The molecule has 1 aliphatic rings. The van der Waals surface area contributed by atoms with Gasteiger partial charge in [-0.2, -0.15) is 5.10 Å². The zero-order valence-electron chi connectivity index (χ0n) is 13.1. The maximum absolute atomic E-state index is 11.9. The number of carbonyl (C=O) groups excluding carboxylic acids is 1. The molecule has 25 heavy (non-hydrogen) atoms. The maximum atomic E-state index is 11.9. The summed E-state index contributed by atoms with van der Waals surface area (Å²) in [5.74, 6) is -0.178. The molecule has 4 nitrogen and oxygen atoms in total. The van der Waals surface area contributed by atoms with Gasteiger partial charge in [0.05, 0.1) is 11.1 Å². The smallest absolute Gasteiger partial charge is 0.264 e. The van der Waals surface area contributed by atoms with E-state index < -0.39 is 0 Å². The first-order valence-corrected chi connectivity index (χ1v) is 8.69. The first-order valence-electron chi connectivity index (χ1n) is 7.50. The fourth-order valence-corrected chi connectivity index (χ4v) is 2.85. The first-order chi connectivity index (χ1) is 12.2. The van der Waals surface area contributed by atoms with Gasteiger partial charge in [0.2, 0.25) is 0 Å². The largest absolute Gasteiger partial charge is 0.299 e. The van der Waals surface area contributed by atoms with Crippen LogP contribution in [-0.4, -0.2) is 17.3 Å². The fourth-order valence-electron chi connectivity index (χ4n) is 2.00. The summed E-state index contributed by atoms with van der Waals surface area (Å²) >= 11 is 7.08. The van der Waals surface area contributed by atoms with Crippen LogP contribution in [-0.2, 0) is 4.79 Å². The van der Waals surface area contributed by atoms with Gasteiger partial charge in [-0.1, -0.05) is 66.2 Å². The van der Waals surface area contributed by atoms with Crippen LogP contribution in [0.4, 0.5) is 0 Å². The van der Waals surface area contributed by atoms with Crippen molar-refractivity contribution >= 4 is 46.7 Å². The molecule has 0 atom stereocenters. The van der Waals surface area contributed by atoms with Crippen molar-refractivity contribution in [2.45, 2.75) is 0 Å². The van der Waals surface area contributed by atoms with Crippen LogP contribution in [0, 0.1) is 0 Å². The summed E-state index contributed by atoms with van der Waals surface area (Å²) in [6, 6.07) is 17.1. The van der Waals surface area contributed by atoms with E-state index in [4.69, 9.17) is 11.6 Å². The van der Waals surface area contributed by atoms with Gasteiger partial charge in [-0.25, -0.2) is 0 Å². The monoisotopic (exact) mass is 367 g/mol. The molecule has 3 rings (SSSR count). The highest BCUT2D eigenvalue weighted by Crippen LogP contribution is 2.23. The molecule has 124 valence electrons. The summed E-state index contributed by atoms with van der Waals surface area (Å²) in [5.41, 5.74) is 1.95. The molecule has 1 heterocycles. The number of nitrogens with one attached hydrogen (secondary N) is 1. The zero-order valence-corrected chi connectivity index (χ0v) is 14.7. The van der Waals surface area contributed by atoms with Crippen molar-refractivity contribution in [1.82, 2.24) is 5.32 Å². The maximum Gasteiger partial charge on any atom is 0.264 e. The van der Waals surface area contributed by atoms with E-state index in [1.54, 1.807) is 24.4 Å². The highest BCUT2D eigenvalue weighted by Gasteiger charge is 2.22. The number of amidine groups is 1. The molecule has 0 unspecified atom stereocenters. The topological polar surface area (TPSA) is 53.8 Å². The van der Waals surface area contributed by atoms with Crippen molar-refractivity contribution in [3.63, 3.8) is 0 Å². The number of thioether (sulfide) groups is 1. The molecule has 1 amide bonds. The number of rotatable bonds is 4. The lowest BCUT2D eigenvalue weighted by Gasteiger charge is -1.92. The van der Waals surface area contributed by atoms with E-state index in [1.807, 2.05) is 54.6 Å². The van der Waals surface area contributed by atoms with E-state index in [2.05, 4.69) is 15.5 Å². The highest BCUT2D eigenvalue weighted by molar-refractivity contribution is 8.18. The lowest BCUT2D eigenvalue weighted by atomic mass is 10.2. The van der Waals surface area contributed by atoms with Crippen molar-refractivity contribution in [3.8, 4) is 0 Å². The standard InChI is InChI=1S/C19H14ClN3OS/c20-16-11-9-15(10-12-16)13-21-23-19-22-18(24)17(25-19)8-4-7-14-5-2-1-3-6-14/h1-13H,(H,22,23,24)/b7-4+,17-8-,21-13-. The molecule has 0 aliphatic carbocycles. The number of nitrogens with zero attached hydrogens (tertiary/aromatic N) is 2. The molecule has 1 saturated heterocycles. The van der Waals surface area contributed by atoms with Gasteiger partial charge in [0.1, 0.15) is 0 Å². The lowest BCUT2D eigenvalue weighted by molar-refractivity contribution is -0.115. The molecular formula is C19H14ClN3OS. The van der Waals surface area contributed by atoms with Crippen molar-refractivity contribution in [3.05, 3.63) is 87.8 Å². The molecule has 0 saturated carbocycles. The third kappa shape index (κ3) is 5.17. The Balaban J connectivity index is 1.62. The normalized spacial score (nSPS) is 17.9. The Labute approximate surface area is 155 Å². The van der Waals surface area contributed by atoms with E-state index in [9.17, 15) is 4.79 Å². The lowest BCUT2D eigenvalue weighted by Crippen LogP contribution is -2.19. The molecule has 1 N–H and O–H groups in total. The zero-order chi connectivity index (χ0) is 17.5. The summed E-state index contributed by atoms with van der Waals surface area (Å²) in [4.78, 5) is 12.5. The van der Waals surface area contributed by atoms with Crippen LogP contribution in [0.5, 0.6) is 0 Å². The van der Waals surface area contributed by atoms with Crippen LogP contribution in [0.15, 0.2) is 81.9 Å². The molecule has 0 aromatic heterocycles. The third-order valence-corrected chi connectivity index (χ3v) is 4.38. The van der Waals surface area contributed by atoms with Gasteiger partial charge in [0.15, 0.2) is 5.17 Å². The molecule has 0 bridgehead atoms. The number of halogens is 1. The third-order valence-electron chi connectivity index (χ3n) is 3.21. The van der Waals surface area contributed by atoms with E-state index in [-0.39, 0.29) is 5.91 Å². The van der Waals surface area contributed by atoms with Crippen LogP contribution in [0.2, 0.25) is 5.02 Å². The Morgan fingerprint density at radius 1 is 1.00 bits per heavy atom. The summed E-state index contributed by atoms with van der Waals surface area (Å²) < 4.78 is 0. The molecule has 1 aliphatic heterocycles. The average Bonchev–Trinajstić information content (AvgIpc) is 2.97. The Bertz CT molecular complexity index is 871. The Morgan fingerprint density at radius 3 is 2.52 bits per heavy atom. The quantitative estimate of drug-likeness (QED) is 0.491. The van der Waals surface area contributed by atoms with Crippen molar-refractivity contribution < 1.29 is 4.79 Å². The van der Waals surface area contributed by atoms with Crippen molar-refractivity contribution in [1.29, 1.82) is 0 Å². The fraction of sp³-hybridized carbons (Fsp3) is 0. The predicted molar refractivity (Wildman–Crippen MR) is 106 cm³/mol. The number of allylic oxidation sites excluding steroid dienone is 2. The van der Waals surface area contributed by atoms with E-state index in [0.29, 0.717) is 15.1 Å². The molecular weight excluding hydrogens is 354 g/mol. The Hall–Kier alpha value is -2.63. The van der Waals surface area contributed by atoms with Gasteiger partial charge in [-0.3, -0.25) is 10.1 Å². The van der Waals surface area contributed by atoms with Crippen LogP contribution in [0.1, 0.15) is 11.1 Å². The molecule has 2 aromatic carbocycles. The summed E-state index contributed by atoms with van der Waals surface area (Å²) in [6.45, 7) is 0. The van der Waals surface area contributed by atoms with Crippen LogP contribution >= 0.6 is 23.4 Å². The van der Waals surface area contributed by atoms with Crippen LogP contribution in [0.25, 0.3) is 6.08 Å². The molecule has 0 spiro atoms. The molecule has 6 heteroatoms. The highest BCUT2D eigenvalue weighted by atomic mass is 35.5. The van der Waals surface area contributed by atoms with Crippen molar-refractivity contribution in [2.24, 2.45) is 10.2 Å². The van der Waals surface area contributed by atoms with Gasteiger partial charge < -0.3 is 0 Å². The van der Waals surface area contributed by atoms with Gasteiger partial charge in [0, 0.05) is 5.02 Å². The minimum absolute atomic E-state index is 0.178. The molecule has 2 aromatic rings. The number of hydrogen-bond donors (Lipinski definition) is 1. The average molecular weight is 368 g/mol. The van der Waals surface area contributed by atoms with E-state index in [1.165, 1.54) is 11.8 Å². The van der Waals surface area contributed by atoms with Crippen molar-refractivity contribution in [2.75, 3.05) is 0 Å². The predicted octanol–water partition coefficient (Wildman–Crippen LogP) is 4.49. The number of benzene rings is 2. The SMILES string of the molecule is O=C1N/C(=N/N=C\c2ccc(Cl)cc2)S/C1=C\C=C\c1ccccc1. The second-order valence-electron chi connectivity index (χ2n) is 5.06. The van der Waals surface area contributed by atoms with Gasteiger partial charge in [0.25, 0.3) is 5.91 Å². The molecule has 1 fully saturated rings. The Morgan fingerprint density at radius 2 is 1.76 bits per heavy atom. The minimum atomic E-state index is -0.178.